The van der Waals surface area contributed by atoms with Crippen LogP contribution in [0.2, 0.25) is 0 Å². The van der Waals surface area contributed by atoms with Gasteiger partial charge in [-0.05, 0) is 48.5 Å². The first kappa shape index (κ1) is 22.5. The normalized spacial score (nSPS) is 10.4. The van der Waals surface area contributed by atoms with Gasteiger partial charge in [0, 0.05) is 17.8 Å². The van der Waals surface area contributed by atoms with Crippen LogP contribution in [0, 0.1) is 0 Å². The Bertz CT molecular complexity index is 1060. The highest BCUT2D eigenvalue weighted by Gasteiger charge is 2.18. The summed E-state index contributed by atoms with van der Waals surface area (Å²) in [4.78, 5) is 24.4. The number of hydrogen-bond donors (Lipinski definition) is 3. The highest BCUT2D eigenvalue weighted by Crippen LogP contribution is 2.30. The molecule has 31 heavy (non-hydrogen) atoms. The molecule has 160 valence electrons. The summed E-state index contributed by atoms with van der Waals surface area (Å²) in [6.45, 7) is 2.48. The van der Waals surface area contributed by atoms with Crippen molar-refractivity contribution in [3.05, 3.63) is 87.8 Å². The second kappa shape index (κ2) is 10.7. The van der Waals surface area contributed by atoms with Gasteiger partial charge in [-0.1, -0.05) is 42.5 Å². The molecule has 3 aromatic rings. The van der Waals surface area contributed by atoms with E-state index in [0.717, 1.165) is 16.0 Å². The summed E-state index contributed by atoms with van der Waals surface area (Å²) >= 11 is 6.85. The van der Waals surface area contributed by atoms with E-state index >= 15 is 0 Å². The van der Waals surface area contributed by atoms with E-state index in [2.05, 4.69) is 10.6 Å². The minimum absolute atomic E-state index is 0.230. The van der Waals surface area contributed by atoms with Crippen molar-refractivity contribution in [2.75, 3.05) is 11.9 Å². The molecule has 0 saturated heterocycles. The van der Waals surface area contributed by atoms with Gasteiger partial charge in [-0.3, -0.25) is 0 Å². The molecule has 3 N–H and O–H groups in total. The topological polar surface area (TPSA) is 87.7 Å². The second-order valence-corrected chi connectivity index (χ2v) is 8.19. The van der Waals surface area contributed by atoms with E-state index in [4.69, 9.17) is 22.1 Å². The van der Waals surface area contributed by atoms with Gasteiger partial charge in [0.2, 0.25) is 0 Å². The summed E-state index contributed by atoms with van der Waals surface area (Å²) in [5.41, 5.74) is 2.72. The molecule has 2 aromatic carbocycles. The van der Waals surface area contributed by atoms with Gasteiger partial charge in [-0.15, -0.1) is 11.3 Å². The van der Waals surface area contributed by atoms with Crippen molar-refractivity contribution in [3.63, 3.8) is 0 Å². The van der Waals surface area contributed by atoms with Crippen molar-refractivity contribution in [2.45, 2.75) is 19.9 Å². The average molecular weight is 455 g/mol. The van der Waals surface area contributed by atoms with Gasteiger partial charge in [0.15, 0.2) is 5.11 Å². The molecule has 0 unspecified atom stereocenters. The summed E-state index contributed by atoms with van der Waals surface area (Å²) in [7, 11) is 0. The van der Waals surface area contributed by atoms with E-state index in [9.17, 15) is 9.59 Å². The van der Waals surface area contributed by atoms with Crippen molar-refractivity contribution in [1.29, 1.82) is 0 Å². The summed E-state index contributed by atoms with van der Waals surface area (Å²) < 4.78 is 5.19. The zero-order valence-corrected chi connectivity index (χ0v) is 18.5. The lowest BCUT2D eigenvalue weighted by Crippen LogP contribution is -2.28. The maximum absolute atomic E-state index is 12.4. The number of carboxylic acid groups (broad SMARTS) is 1. The standard InChI is InChI=1S/C23H22N2O4S2/c1-2-29-22(28)19-13-18(12-15-6-4-3-5-7-15)31-20(19)25-23(30)24-14-16-8-10-17(11-9-16)21(26)27/h3-11,13H,2,12,14H2,1H3,(H,26,27)(H2,24,25,30). The van der Waals surface area contributed by atoms with Gasteiger partial charge in [-0.2, -0.15) is 0 Å². The summed E-state index contributed by atoms with van der Waals surface area (Å²) in [6.07, 6.45) is 0.704. The molecule has 1 aromatic heterocycles. The van der Waals surface area contributed by atoms with Crippen LogP contribution in [0.1, 0.15) is 43.6 Å². The minimum Gasteiger partial charge on any atom is -0.478 e. The van der Waals surface area contributed by atoms with Crippen LogP contribution in [0.25, 0.3) is 0 Å². The highest BCUT2D eigenvalue weighted by molar-refractivity contribution is 7.80. The number of carbonyl (C=O) groups excluding carboxylic acids is 1. The zero-order chi connectivity index (χ0) is 22.2. The number of rotatable bonds is 8. The van der Waals surface area contributed by atoms with Crippen LogP contribution in [0.5, 0.6) is 0 Å². The third-order valence-electron chi connectivity index (χ3n) is 4.38. The molecule has 0 aliphatic rings. The van der Waals surface area contributed by atoms with E-state index in [-0.39, 0.29) is 12.2 Å². The molecule has 1 heterocycles. The lowest BCUT2D eigenvalue weighted by Gasteiger charge is -2.11. The summed E-state index contributed by atoms with van der Waals surface area (Å²) in [6, 6.07) is 18.4. The van der Waals surface area contributed by atoms with Gasteiger partial charge >= 0.3 is 11.9 Å². The van der Waals surface area contributed by atoms with E-state index in [0.29, 0.717) is 28.6 Å². The van der Waals surface area contributed by atoms with E-state index in [1.807, 2.05) is 36.4 Å². The fourth-order valence-corrected chi connectivity index (χ4v) is 4.20. The number of thiophene rings is 1. The molecule has 8 heteroatoms. The van der Waals surface area contributed by atoms with Crippen LogP contribution >= 0.6 is 23.6 Å². The number of nitrogens with one attached hydrogen (secondary N) is 2. The molecular formula is C23H22N2O4S2. The largest absolute Gasteiger partial charge is 0.478 e. The third kappa shape index (κ3) is 6.37. The number of carboxylic acids is 1. The van der Waals surface area contributed by atoms with Crippen LogP contribution < -0.4 is 10.6 Å². The fraction of sp³-hybridized carbons (Fsp3) is 0.174. The predicted octanol–water partition coefficient (Wildman–Crippen LogP) is 4.70. The molecule has 3 rings (SSSR count). The Hall–Kier alpha value is -3.23. The number of anilines is 1. The lowest BCUT2D eigenvalue weighted by molar-refractivity contribution is 0.0527. The Morgan fingerprint density at radius 1 is 1.06 bits per heavy atom. The van der Waals surface area contributed by atoms with Crippen molar-refractivity contribution < 1.29 is 19.4 Å². The zero-order valence-electron chi connectivity index (χ0n) is 16.9. The number of carbonyl (C=O) groups is 2. The molecule has 0 aliphatic carbocycles. The number of hydrogen-bond acceptors (Lipinski definition) is 5. The predicted molar refractivity (Wildman–Crippen MR) is 126 cm³/mol. The fourth-order valence-electron chi connectivity index (χ4n) is 2.87. The molecule has 0 fully saturated rings. The lowest BCUT2D eigenvalue weighted by atomic mass is 10.1. The van der Waals surface area contributed by atoms with Gasteiger partial charge in [0.25, 0.3) is 0 Å². The maximum atomic E-state index is 12.4. The molecular weight excluding hydrogens is 432 g/mol. The summed E-state index contributed by atoms with van der Waals surface area (Å²) in [5.74, 6) is -1.36. The van der Waals surface area contributed by atoms with Crippen molar-refractivity contribution in [1.82, 2.24) is 5.32 Å². The minimum atomic E-state index is -0.966. The van der Waals surface area contributed by atoms with Crippen LogP contribution in [0.3, 0.4) is 0 Å². The number of benzene rings is 2. The number of ether oxygens (including phenoxy) is 1. The monoisotopic (exact) mass is 454 g/mol. The van der Waals surface area contributed by atoms with E-state index in [1.54, 1.807) is 31.2 Å². The van der Waals surface area contributed by atoms with Crippen molar-refractivity contribution >= 4 is 45.6 Å². The maximum Gasteiger partial charge on any atom is 0.341 e. The number of esters is 1. The molecule has 0 aliphatic heterocycles. The van der Waals surface area contributed by atoms with Crippen molar-refractivity contribution in [2.24, 2.45) is 0 Å². The SMILES string of the molecule is CCOC(=O)c1cc(Cc2ccccc2)sc1NC(=S)NCc1ccc(C(=O)O)cc1. The second-order valence-electron chi connectivity index (χ2n) is 6.65. The summed E-state index contributed by atoms with van der Waals surface area (Å²) in [5, 5.41) is 16.1. The Balaban J connectivity index is 1.68. The van der Waals surface area contributed by atoms with Gasteiger partial charge in [0.1, 0.15) is 5.00 Å². The van der Waals surface area contributed by atoms with Crippen LogP contribution in [0.15, 0.2) is 60.7 Å². The number of aromatic carboxylic acids is 1. The molecule has 0 bridgehead atoms. The first-order valence-corrected chi connectivity index (χ1v) is 10.9. The van der Waals surface area contributed by atoms with Gasteiger partial charge in [-0.25, -0.2) is 9.59 Å². The van der Waals surface area contributed by atoms with Gasteiger partial charge in [0.05, 0.1) is 17.7 Å². The van der Waals surface area contributed by atoms with Crippen LogP contribution in [-0.4, -0.2) is 28.8 Å². The van der Waals surface area contributed by atoms with E-state index in [1.165, 1.54) is 11.3 Å². The Kier molecular flexibility index (Phi) is 7.75. The Labute approximate surface area is 189 Å². The molecule has 6 nitrogen and oxygen atoms in total. The first-order chi connectivity index (χ1) is 15.0. The van der Waals surface area contributed by atoms with Crippen LogP contribution in [-0.2, 0) is 17.7 Å². The van der Waals surface area contributed by atoms with Crippen LogP contribution in [0.4, 0.5) is 5.00 Å². The average Bonchev–Trinajstić information content (AvgIpc) is 3.15. The third-order valence-corrected chi connectivity index (χ3v) is 5.68. The smallest absolute Gasteiger partial charge is 0.341 e. The first-order valence-electron chi connectivity index (χ1n) is 9.67. The Morgan fingerprint density at radius 2 is 1.77 bits per heavy atom. The molecule has 0 spiro atoms. The van der Waals surface area contributed by atoms with Gasteiger partial charge < -0.3 is 20.5 Å². The number of thiocarbonyl (C=S) groups is 1. The Morgan fingerprint density at radius 3 is 2.42 bits per heavy atom. The molecule has 0 radical (unpaired) electrons. The molecule has 0 atom stereocenters. The highest BCUT2D eigenvalue weighted by atomic mass is 32.1. The quantitative estimate of drug-likeness (QED) is 0.336. The van der Waals surface area contributed by atoms with Crippen molar-refractivity contribution in [3.8, 4) is 0 Å². The van der Waals surface area contributed by atoms with E-state index < -0.39 is 11.9 Å². The molecule has 0 saturated carbocycles. The molecule has 0 amide bonds.